The number of alkyl halides is 1. The second kappa shape index (κ2) is 3.73. The Morgan fingerprint density at radius 3 is 2.47 bits per heavy atom. The highest BCUT2D eigenvalue weighted by Gasteiger charge is 2.25. The quantitative estimate of drug-likeness (QED) is 0.739. The Balaban J connectivity index is 3.32. The Morgan fingerprint density at radius 1 is 1.40 bits per heavy atom. The van der Waals surface area contributed by atoms with Gasteiger partial charge in [-0.1, -0.05) is 12.1 Å². The van der Waals surface area contributed by atoms with E-state index in [1.807, 2.05) is 0 Å². The topological polar surface area (TPSA) is 51.2 Å². The molecule has 0 spiro atoms. The number of hydrogen-bond donors (Lipinski definition) is 0. The lowest BCUT2D eigenvalue weighted by molar-refractivity contribution is -0.117. The second-order valence-electron chi connectivity index (χ2n) is 3.49. The summed E-state index contributed by atoms with van der Waals surface area (Å²) >= 11 is 0. The summed E-state index contributed by atoms with van der Waals surface area (Å²) in [4.78, 5) is 10.5. The van der Waals surface area contributed by atoms with E-state index in [2.05, 4.69) is 0 Å². The third kappa shape index (κ3) is 2.62. The van der Waals surface area contributed by atoms with Crippen molar-refractivity contribution in [3.8, 4) is 0 Å². The standard InChI is InChI=1S/C10H11FO3S/c1-10(11,7-12)8-4-3-5-9(6-8)15(2,13)14/h3-7H,1-2H3. The van der Waals surface area contributed by atoms with Gasteiger partial charge in [-0.2, -0.15) is 0 Å². The number of benzene rings is 1. The van der Waals surface area contributed by atoms with Crippen molar-refractivity contribution < 1.29 is 17.6 Å². The minimum Gasteiger partial charge on any atom is -0.299 e. The molecule has 0 radical (unpaired) electrons. The van der Waals surface area contributed by atoms with Crippen molar-refractivity contribution >= 4 is 16.1 Å². The smallest absolute Gasteiger partial charge is 0.188 e. The molecule has 1 rings (SSSR count). The van der Waals surface area contributed by atoms with Gasteiger partial charge in [0.05, 0.1) is 4.90 Å². The van der Waals surface area contributed by atoms with Gasteiger partial charge in [0.15, 0.2) is 21.8 Å². The number of hydrogen-bond acceptors (Lipinski definition) is 3. The fourth-order valence-electron chi connectivity index (χ4n) is 1.10. The van der Waals surface area contributed by atoms with Crippen LogP contribution in [0.4, 0.5) is 4.39 Å². The summed E-state index contributed by atoms with van der Waals surface area (Å²) in [6.45, 7) is 1.08. The molecule has 0 amide bonds. The summed E-state index contributed by atoms with van der Waals surface area (Å²) in [5, 5.41) is 0. The molecule has 1 unspecified atom stereocenters. The Labute approximate surface area is 87.8 Å². The molecule has 1 aromatic rings. The molecule has 0 saturated carbocycles. The van der Waals surface area contributed by atoms with E-state index in [1.54, 1.807) is 0 Å². The van der Waals surface area contributed by atoms with Crippen LogP contribution in [0.5, 0.6) is 0 Å². The Bertz CT molecular complexity index is 477. The fourth-order valence-corrected chi connectivity index (χ4v) is 1.77. The van der Waals surface area contributed by atoms with E-state index >= 15 is 0 Å². The van der Waals surface area contributed by atoms with Crippen LogP contribution in [0.25, 0.3) is 0 Å². The molecule has 0 aliphatic carbocycles. The largest absolute Gasteiger partial charge is 0.299 e. The van der Waals surface area contributed by atoms with E-state index in [9.17, 15) is 17.6 Å². The first-order chi connectivity index (χ1) is 6.77. The van der Waals surface area contributed by atoms with Crippen molar-refractivity contribution in [2.24, 2.45) is 0 Å². The van der Waals surface area contributed by atoms with E-state index in [1.165, 1.54) is 24.3 Å². The maximum atomic E-state index is 13.6. The van der Waals surface area contributed by atoms with Crippen LogP contribution in [0, 0.1) is 0 Å². The van der Waals surface area contributed by atoms with Gasteiger partial charge < -0.3 is 0 Å². The molecule has 0 fully saturated rings. The summed E-state index contributed by atoms with van der Waals surface area (Å²) in [5.41, 5.74) is -2.11. The normalized spacial score (nSPS) is 15.7. The predicted octanol–water partition coefficient (Wildman–Crippen LogP) is 1.47. The molecule has 0 aromatic heterocycles. The van der Waals surface area contributed by atoms with E-state index in [0.29, 0.717) is 0 Å². The Morgan fingerprint density at radius 2 is 2.00 bits per heavy atom. The molecule has 82 valence electrons. The van der Waals surface area contributed by atoms with Crippen molar-refractivity contribution in [1.82, 2.24) is 0 Å². The van der Waals surface area contributed by atoms with Gasteiger partial charge in [0, 0.05) is 6.26 Å². The van der Waals surface area contributed by atoms with Crippen molar-refractivity contribution in [3.05, 3.63) is 29.8 Å². The lowest BCUT2D eigenvalue weighted by atomic mass is 10.00. The van der Waals surface area contributed by atoms with E-state index in [-0.39, 0.29) is 16.7 Å². The Kier molecular flexibility index (Phi) is 2.95. The maximum Gasteiger partial charge on any atom is 0.188 e. The predicted molar refractivity (Wildman–Crippen MR) is 54.1 cm³/mol. The van der Waals surface area contributed by atoms with Crippen LogP contribution >= 0.6 is 0 Å². The molecule has 0 saturated heterocycles. The minimum absolute atomic E-state index is 0.00530. The van der Waals surface area contributed by atoms with Gasteiger partial charge in [0.1, 0.15) is 0 Å². The summed E-state index contributed by atoms with van der Waals surface area (Å²) in [6, 6.07) is 5.32. The summed E-state index contributed by atoms with van der Waals surface area (Å²) in [7, 11) is -3.38. The van der Waals surface area contributed by atoms with Gasteiger partial charge in [-0.25, -0.2) is 12.8 Å². The maximum absolute atomic E-state index is 13.6. The van der Waals surface area contributed by atoms with Crippen LogP contribution in [0.1, 0.15) is 12.5 Å². The first-order valence-corrected chi connectivity index (χ1v) is 6.12. The molecular weight excluding hydrogens is 219 g/mol. The second-order valence-corrected chi connectivity index (χ2v) is 5.51. The molecule has 15 heavy (non-hydrogen) atoms. The fraction of sp³-hybridized carbons (Fsp3) is 0.300. The minimum atomic E-state index is -3.38. The average Bonchev–Trinajstić information content (AvgIpc) is 2.17. The van der Waals surface area contributed by atoms with Crippen LogP contribution in [-0.2, 0) is 20.3 Å². The first kappa shape index (κ1) is 11.8. The highest BCUT2D eigenvalue weighted by atomic mass is 32.2. The van der Waals surface area contributed by atoms with Crippen molar-refractivity contribution in [1.29, 1.82) is 0 Å². The lowest BCUT2D eigenvalue weighted by Gasteiger charge is -2.13. The molecule has 0 bridgehead atoms. The highest BCUT2D eigenvalue weighted by Crippen LogP contribution is 2.24. The van der Waals surface area contributed by atoms with Gasteiger partial charge in [-0.15, -0.1) is 0 Å². The average molecular weight is 230 g/mol. The van der Waals surface area contributed by atoms with Gasteiger partial charge in [-0.05, 0) is 24.6 Å². The van der Waals surface area contributed by atoms with Crippen molar-refractivity contribution in [2.75, 3.05) is 6.26 Å². The van der Waals surface area contributed by atoms with Gasteiger partial charge in [0.25, 0.3) is 0 Å². The molecular formula is C10H11FO3S. The molecule has 0 heterocycles. The lowest BCUT2D eigenvalue weighted by Crippen LogP contribution is -2.17. The molecule has 1 atom stereocenters. The number of sulfone groups is 1. The van der Waals surface area contributed by atoms with Crippen LogP contribution in [-0.4, -0.2) is 21.0 Å². The summed E-state index contributed by atoms with van der Waals surface area (Å²) in [6.07, 6.45) is 1.18. The summed E-state index contributed by atoms with van der Waals surface area (Å²) in [5.74, 6) is 0. The van der Waals surface area contributed by atoms with Crippen LogP contribution in [0.3, 0.4) is 0 Å². The molecule has 3 nitrogen and oxygen atoms in total. The van der Waals surface area contributed by atoms with E-state index < -0.39 is 15.5 Å². The number of rotatable bonds is 3. The molecule has 5 heteroatoms. The van der Waals surface area contributed by atoms with E-state index in [4.69, 9.17) is 0 Å². The third-order valence-corrected chi connectivity index (χ3v) is 3.16. The number of aldehydes is 1. The van der Waals surface area contributed by atoms with Gasteiger partial charge >= 0.3 is 0 Å². The zero-order chi connectivity index (χ0) is 11.7. The first-order valence-electron chi connectivity index (χ1n) is 4.23. The SMILES string of the molecule is CC(F)(C=O)c1cccc(S(C)(=O)=O)c1. The number of carbonyl (C=O) groups excluding carboxylic acids is 1. The number of carbonyl (C=O) groups is 1. The van der Waals surface area contributed by atoms with Crippen molar-refractivity contribution in [3.63, 3.8) is 0 Å². The zero-order valence-corrected chi connectivity index (χ0v) is 9.21. The van der Waals surface area contributed by atoms with Gasteiger partial charge in [0.2, 0.25) is 0 Å². The highest BCUT2D eigenvalue weighted by molar-refractivity contribution is 7.90. The summed E-state index contributed by atoms with van der Waals surface area (Å²) < 4.78 is 35.9. The van der Waals surface area contributed by atoms with Crippen molar-refractivity contribution in [2.45, 2.75) is 17.5 Å². The van der Waals surface area contributed by atoms with Crippen LogP contribution in [0.15, 0.2) is 29.2 Å². The monoisotopic (exact) mass is 230 g/mol. The molecule has 0 aliphatic rings. The Hall–Kier alpha value is -1.23. The van der Waals surface area contributed by atoms with E-state index in [0.717, 1.165) is 13.2 Å². The molecule has 0 N–H and O–H groups in total. The van der Waals surface area contributed by atoms with Crippen LogP contribution in [0.2, 0.25) is 0 Å². The zero-order valence-electron chi connectivity index (χ0n) is 8.40. The molecule has 1 aromatic carbocycles. The number of halogens is 1. The molecule has 0 aliphatic heterocycles. The third-order valence-electron chi connectivity index (χ3n) is 2.05. The van der Waals surface area contributed by atoms with Gasteiger partial charge in [-0.3, -0.25) is 4.79 Å². The van der Waals surface area contributed by atoms with Crippen LogP contribution < -0.4 is 0 Å².